The highest BCUT2D eigenvalue weighted by Crippen LogP contribution is 2.34. The third kappa shape index (κ3) is 1.95. The molecule has 0 saturated heterocycles. The number of benzene rings is 2. The maximum absolute atomic E-state index is 13.0. The SMILES string of the molecule is Oc1cc(-c2cc(F)ccc2O)ccc1Cl. The minimum Gasteiger partial charge on any atom is -0.507 e. The van der Waals surface area contributed by atoms with E-state index in [1.165, 1.54) is 24.3 Å². The van der Waals surface area contributed by atoms with Crippen molar-refractivity contribution in [1.82, 2.24) is 0 Å². The number of phenols is 2. The van der Waals surface area contributed by atoms with Gasteiger partial charge in [-0.05, 0) is 35.9 Å². The van der Waals surface area contributed by atoms with Gasteiger partial charge < -0.3 is 10.2 Å². The molecule has 0 aliphatic carbocycles. The zero-order valence-electron chi connectivity index (χ0n) is 8.11. The van der Waals surface area contributed by atoms with E-state index < -0.39 is 5.82 Å². The Bertz CT molecular complexity index is 541. The zero-order valence-corrected chi connectivity index (χ0v) is 8.87. The Hall–Kier alpha value is -1.74. The van der Waals surface area contributed by atoms with Crippen molar-refractivity contribution in [2.75, 3.05) is 0 Å². The summed E-state index contributed by atoms with van der Waals surface area (Å²) < 4.78 is 13.0. The van der Waals surface area contributed by atoms with Crippen molar-refractivity contribution in [2.45, 2.75) is 0 Å². The van der Waals surface area contributed by atoms with Crippen LogP contribution in [-0.2, 0) is 0 Å². The van der Waals surface area contributed by atoms with E-state index >= 15 is 0 Å². The molecule has 82 valence electrons. The van der Waals surface area contributed by atoms with Gasteiger partial charge in [-0.25, -0.2) is 4.39 Å². The quantitative estimate of drug-likeness (QED) is 0.798. The summed E-state index contributed by atoms with van der Waals surface area (Å²) in [4.78, 5) is 0. The van der Waals surface area contributed by atoms with Crippen molar-refractivity contribution in [3.63, 3.8) is 0 Å². The lowest BCUT2D eigenvalue weighted by atomic mass is 10.0. The second-order valence-electron chi connectivity index (χ2n) is 3.33. The Morgan fingerprint density at radius 2 is 1.69 bits per heavy atom. The summed E-state index contributed by atoms with van der Waals surface area (Å²) in [5, 5.41) is 19.2. The van der Waals surface area contributed by atoms with Crippen LogP contribution in [-0.4, -0.2) is 10.2 Å². The van der Waals surface area contributed by atoms with Crippen molar-refractivity contribution in [3.05, 3.63) is 47.2 Å². The number of hydrogen-bond acceptors (Lipinski definition) is 2. The fraction of sp³-hybridized carbons (Fsp3) is 0. The molecule has 2 nitrogen and oxygen atoms in total. The van der Waals surface area contributed by atoms with Crippen molar-refractivity contribution < 1.29 is 14.6 Å². The van der Waals surface area contributed by atoms with Crippen LogP contribution in [0.5, 0.6) is 11.5 Å². The predicted octanol–water partition coefficient (Wildman–Crippen LogP) is 3.56. The van der Waals surface area contributed by atoms with Gasteiger partial charge >= 0.3 is 0 Å². The van der Waals surface area contributed by atoms with Crippen molar-refractivity contribution in [1.29, 1.82) is 0 Å². The average molecular weight is 239 g/mol. The van der Waals surface area contributed by atoms with Crippen LogP contribution < -0.4 is 0 Å². The van der Waals surface area contributed by atoms with E-state index in [1.807, 2.05) is 0 Å². The predicted molar refractivity (Wildman–Crippen MR) is 60.2 cm³/mol. The van der Waals surface area contributed by atoms with Gasteiger partial charge in [-0.2, -0.15) is 0 Å². The molecule has 0 aliphatic rings. The van der Waals surface area contributed by atoms with Gasteiger partial charge in [0.2, 0.25) is 0 Å². The Morgan fingerprint density at radius 3 is 2.38 bits per heavy atom. The molecule has 0 saturated carbocycles. The first-order valence-electron chi connectivity index (χ1n) is 4.55. The highest BCUT2D eigenvalue weighted by molar-refractivity contribution is 6.32. The maximum atomic E-state index is 13.0. The van der Waals surface area contributed by atoms with Gasteiger partial charge in [0.15, 0.2) is 0 Å². The highest BCUT2D eigenvalue weighted by Gasteiger charge is 2.08. The lowest BCUT2D eigenvalue weighted by Crippen LogP contribution is -1.82. The molecule has 16 heavy (non-hydrogen) atoms. The van der Waals surface area contributed by atoms with Gasteiger partial charge in [0, 0.05) is 5.56 Å². The van der Waals surface area contributed by atoms with E-state index in [2.05, 4.69) is 0 Å². The van der Waals surface area contributed by atoms with E-state index in [0.717, 1.165) is 6.07 Å². The second-order valence-corrected chi connectivity index (χ2v) is 3.73. The lowest BCUT2D eigenvalue weighted by molar-refractivity contribution is 0.473. The van der Waals surface area contributed by atoms with Crippen molar-refractivity contribution in [3.8, 4) is 22.6 Å². The Morgan fingerprint density at radius 1 is 0.938 bits per heavy atom. The van der Waals surface area contributed by atoms with Gasteiger partial charge in [0.25, 0.3) is 0 Å². The van der Waals surface area contributed by atoms with Crippen LogP contribution in [0.1, 0.15) is 0 Å². The van der Waals surface area contributed by atoms with E-state index in [1.54, 1.807) is 6.07 Å². The van der Waals surface area contributed by atoms with Crippen LogP contribution in [0, 0.1) is 5.82 Å². The maximum Gasteiger partial charge on any atom is 0.134 e. The van der Waals surface area contributed by atoms with Crippen molar-refractivity contribution in [2.24, 2.45) is 0 Å². The minimum absolute atomic E-state index is 0.0527. The topological polar surface area (TPSA) is 40.5 Å². The summed E-state index contributed by atoms with van der Waals surface area (Å²) >= 11 is 5.65. The third-order valence-electron chi connectivity index (χ3n) is 2.22. The Labute approximate surface area is 96.5 Å². The van der Waals surface area contributed by atoms with Gasteiger partial charge in [0.05, 0.1) is 5.02 Å². The molecular formula is C12H8ClFO2. The van der Waals surface area contributed by atoms with Gasteiger partial charge in [-0.3, -0.25) is 0 Å². The summed E-state index contributed by atoms with van der Waals surface area (Å²) in [5.74, 6) is -0.617. The molecule has 0 heterocycles. The van der Waals surface area contributed by atoms with Gasteiger partial charge in [-0.1, -0.05) is 17.7 Å². The van der Waals surface area contributed by atoms with Crippen LogP contribution in [0.2, 0.25) is 5.02 Å². The number of phenolic OH excluding ortho intramolecular Hbond substituents is 2. The molecule has 0 spiro atoms. The molecule has 0 bridgehead atoms. The number of rotatable bonds is 1. The van der Waals surface area contributed by atoms with Crippen molar-refractivity contribution >= 4 is 11.6 Å². The molecular weight excluding hydrogens is 231 g/mol. The van der Waals surface area contributed by atoms with Crippen LogP contribution in [0.4, 0.5) is 4.39 Å². The lowest BCUT2D eigenvalue weighted by Gasteiger charge is -2.06. The second kappa shape index (κ2) is 4.02. The molecule has 0 atom stereocenters. The first-order chi connectivity index (χ1) is 7.58. The summed E-state index contributed by atoms with van der Waals surface area (Å²) in [6.45, 7) is 0. The molecule has 0 amide bonds. The number of hydrogen-bond donors (Lipinski definition) is 2. The van der Waals surface area contributed by atoms with Crippen LogP contribution in [0.25, 0.3) is 11.1 Å². The van der Waals surface area contributed by atoms with Crippen LogP contribution >= 0.6 is 11.6 Å². The van der Waals surface area contributed by atoms with E-state index in [4.69, 9.17) is 11.6 Å². The Balaban J connectivity index is 2.58. The minimum atomic E-state index is -0.456. The average Bonchev–Trinajstić information content (AvgIpc) is 2.26. The Kier molecular flexibility index (Phi) is 2.71. The summed E-state index contributed by atoms with van der Waals surface area (Å²) in [5.41, 5.74) is 0.811. The fourth-order valence-corrected chi connectivity index (χ4v) is 1.54. The first kappa shape index (κ1) is 10.8. The smallest absolute Gasteiger partial charge is 0.134 e. The molecule has 2 aromatic rings. The standard InChI is InChI=1S/C12H8ClFO2/c13-10-3-1-7(5-12(10)16)9-6-8(14)2-4-11(9)15/h1-6,15-16H. The zero-order chi connectivity index (χ0) is 11.7. The molecule has 2 aromatic carbocycles. The third-order valence-corrected chi connectivity index (χ3v) is 2.54. The van der Waals surface area contributed by atoms with E-state index in [0.29, 0.717) is 11.1 Å². The molecule has 0 fully saturated rings. The van der Waals surface area contributed by atoms with Crippen LogP contribution in [0.15, 0.2) is 36.4 Å². The number of aromatic hydroxyl groups is 2. The van der Waals surface area contributed by atoms with E-state index in [9.17, 15) is 14.6 Å². The molecule has 2 N–H and O–H groups in total. The monoisotopic (exact) mass is 238 g/mol. The fourth-order valence-electron chi connectivity index (χ4n) is 1.42. The summed E-state index contributed by atoms with van der Waals surface area (Å²) in [7, 11) is 0. The van der Waals surface area contributed by atoms with Gasteiger partial charge in [-0.15, -0.1) is 0 Å². The molecule has 0 radical (unpaired) electrons. The number of halogens is 2. The molecule has 0 aromatic heterocycles. The summed E-state index contributed by atoms with van der Waals surface area (Å²) in [6.07, 6.45) is 0. The largest absolute Gasteiger partial charge is 0.507 e. The molecule has 0 aliphatic heterocycles. The highest BCUT2D eigenvalue weighted by atomic mass is 35.5. The summed E-state index contributed by atoms with van der Waals surface area (Å²) in [6, 6.07) is 8.06. The van der Waals surface area contributed by atoms with Crippen LogP contribution in [0.3, 0.4) is 0 Å². The molecule has 2 rings (SSSR count). The molecule has 0 unspecified atom stereocenters. The normalized spacial score (nSPS) is 10.4. The van der Waals surface area contributed by atoms with E-state index in [-0.39, 0.29) is 16.5 Å². The first-order valence-corrected chi connectivity index (χ1v) is 4.93. The molecule has 4 heteroatoms. The van der Waals surface area contributed by atoms with Gasteiger partial charge in [0.1, 0.15) is 17.3 Å².